The van der Waals surface area contributed by atoms with E-state index in [0.717, 1.165) is 34.9 Å². The summed E-state index contributed by atoms with van der Waals surface area (Å²) in [4.78, 5) is 0. The summed E-state index contributed by atoms with van der Waals surface area (Å²) < 4.78 is 0. The average molecular weight is 362 g/mol. The van der Waals surface area contributed by atoms with Crippen LogP contribution < -0.4 is 5.43 Å². The first-order valence-corrected chi connectivity index (χ1v) is 9.60. The zero-order valence-electron chi connectivity index (χ0n) is 15.7. The van der Waals surface area contributed by atoms with E-state index in [1.165, 1.54) is 25.7 Å². The first-order chi connectivity index (χ1) is 13.3. The number of aromatic nitrogens is 2. The van der Waals surface area contributed by atoms with Crippen LogP contribution in [0.4, 0.5) is 5.82 Å². The van der Waals surface area contributed by atoms with Gasteiger partial charge in [-0.05, 0) is 42.7 Å². The second-order valence-electron chi connectivity index (χ2n) is 6.66. The highest BCUT2D eigenvalue weighted by Crippen LogP contribution is 2.20. The van der Waals surface area contributed by atoms with Gasteiger partial charge in [0.1, 0.15) is 5.75 Å². The fourth-order valence-corrected chi connectivity index (χ4v) is 3.05. The fourth-order valence-electron chi connectivity index (χ4n) is 3.05. The van der Waals surface area contributed by atoms with Crippen molar-refractivity contribution in [1.29, 1.82) is 0 Å². The van der Waals surface area contributed by atoms with Crippen molar-refractivity contribution >= 4 is 22.3 Å². The molecule has 3 rings (SSSR count). The summed E-state index contributed by atoms with van der Waals surface area (Å²) in [6.45, 7) is 2.22. The molecule has 0 aliphatic rings. The number of phenolic OH excluding ortho intramolecular Hbond substituents is 1. The first kappa shape index (κ1) is 18.8. The van der Waals surface area contributed by atoms with Gasteiger partial charge in [-0.2, -0.15) is 10.2 Å². The SMILES string of the molecule is CCCCCCC/C(=N/Nc1nncc2ccccc12)c1ccc(O)cc1. The third-order valence-corrected chi connectivity index (χ3v) is 4.58. The molecule has 0 radical (unpaired) electrons. The van der Waals surface area contributed by atoms with Crippen LogP contribution in [0.25, 0.3) is 10.8 Å². The smallest absolute Gasteiger partial charge is 0.176 e. The second-order valence-corrected chi connectivity index (χ2v) is 6.66. The molecule has 5 heteroatoms. The maximum atomic E-state index is 9.56. The van der Waals surface area contributed by atoms with Gasteiger partial charge in [0.25, 0.3) is 0 Å². The quantitative estimate of drug-likeness (QED) is 0.299. The average Bonchev–Trinajstić information content (AvgIpc) is 2.71. The number of hydrazone groups is 1. The Kier molecular flexibility index (Phi) is 6.74. The minimum atomic E-state index is 0.258. The molecule has 0 saturated heterocycles. The van der Waals surface area contributed by atoms with E-state index in [4.69, 9.17) is 0 Å². The predicted molar refractivity (Wildman–Crippen MR) is 111 cm³/mol. The van der Waals surface area contributed by atoms with E-state index >= 15 is 0 Å². The molecule has 0 fully saturated rings. The van der Waals surface area contributed by atoms with Crippen molar-refractivity contribution < 1.29 is 5.11 Å². The molecule has 0 spiro atoms. The van der Waals surface area contributed by atoms with E-state index in [0.29, 0.717) is 5.82 Å². The molecule has 5 nitrogen and oxygen atoms in total. The Morgan fingerprint density at radius 1 is 1.00 bits per heavy atom. The highest BCUT2D eigenvalue weighted by molar-refractivity contribution is 6.01. The largest absolute Gasteiger partial charge is 0.508 e. The van der Waals surface area contributed by atoms with Crippen LogP contribution in [-0.2, 0) is 0 Å². The van der Waals surface area contributed by atoms with Crippen molar-refractivity contribution in [1.82, 2.24) is 10.2 Å². The van der Waals surface area contributed by atoms with E-state index < -0.39 is 0 Å². The lowest BCUT2D eigenvalue weighted by molar-refractivity contribution is 0.475. The summed E-state index contributed by atoms with van der Waals surface area (Å²) in [5.74, 6) is 0.907. The molecule has 1 aromatic heterocycles. The van der Waals surface area contributed by atoms with Crippen molar-refractivity contribution in [3.05, 3.63) is 60.3 Å². The Bertz CT molecular complexity index is 885. The Balaban J connectivity index is 1.79. The number of unbranched alkanes of at least 4 members (excludes halogenated alkanes) is 4. The molecule has 27 heavy (non-hydrogen) atoms. The molecule has 0 saturated carbocycles. The van der Waals surface area contributed by atoms with Crippen molar-refractivity contribution in [2.24, 2.45) is 5.10 Å². The van der Waals surface area contributed by atoms with Crippen molar-refractivity contribution in [3.63, 3.8) is 0 Å². The topological polar surface area (TPSA) is 70.4 Å². The molecule has 2 N–H and O–H groups in total. The molecule has 3 aromatic rings. The molecular weight excluding hydrogens is 336 g/mol. The van der Waals surface area contributed by atoms with Crippen LogP contribution in [0.15, 0.2) is 59.8 Å². The standard InChI is InChI=1S/C22H26N4O/c1-2-3-4-5-6-11-21(17-12-14-19(27)15-13-17)24-26-22-20-10-8-7-9-18(20)16-23-25-22/h7-10,12-16,27H,2-6,11H2,1H3,(H,25,26)/b24-21-. The fraction of sp³-hybridized carbons (Fsp3) is 0.318. The van der Waals surface area contributed by atoms with Gasteiger partial charge in [-0.15, -0.1) is 5.10 Å². The highest BCUT2D eigenvalue weighted by atomic mass is 16.3. The minimum absolute atomic E-state index is 0.258. The van der Waals surface area contributed by atoms with Crippen molar-refractivity contribution in [2.75, 3.05) is 5.43 Å². The number of aromatic hydroxyl groups is 1. The molecular formula is C22H26N4O. The third-order valence-electron chi connectivity index (χ3n) is 4.58. The van der Waals surface area contributed by atoms with E-state index in [1.54, 1.807) is 18.3 Å². The highest BCUT2D eigenvalue weighted by Gasteiger charge is 2.07. The van der Waals surface area contributed by atoms with Gasteiger partial charge in [0.05, 0.1) is 11.9 Å². The summed E-state index contributed by atoms with van der Waals surface area (Å²) in [6, 6.07) is 15.2. The maximum Gasteiger partial charge on any atom is 0.176 e. The lowest BCUT2D eigenvalue weighted by Crippen LogP contribution is -2.06. The molecule has 140 valence electrons. The molecule has 0 bridgehead atoms. The Hall–Kier alpha value is -2.95. The molecule has 0 aliphatic heterocycles. The normalized spacial score (nSPS) is 11.7. The van der Waals surface area contributed by atoms with E-state index in [1.807, 2.05) is 36.4 Å². The Morgan fingerprint density at radius 2 is 1.78 bits per heavy atom. The monoisotopic (exact) mass is 362 g/mol. The van der Waals surface area contributed by atoms with Crippen molar-refractivity contribution in [2.45, 2.75) is 45.4 Å². The molecule has 0 atom stereocenters. The molecule has 0 aliphatic carbocycles. The number of rotatable bonds is 9. The number of hydrogen-bond acceptors (Lipinski definition) is 5. The Labute approximate surface area is 160 Å². The zero-order chi connectivity index (χ0) is 18.9. The lowest BCUT2D eigenvalue weighted by Gasteiger charge is -2.09. The van der Waals surface area contributed by atoms with Gasteiger partial charge in [0, 0.05) is 10.8 Å². The van der Waals surface area contributed by atoms with Crippen LogP contribution in [0.1, 0.15) is 51.0 Å². The van der Waals surface area contributed by atoms with Crippen LogP contribution in [0.3, 0.4) is 0 Å². The maximum absolute atomic E-state index is 9.56. The van der Waals surface area contributed by atoms with Gasteiger partial charge < -0.3 is 5.11 Å². The molecule has 1 heterocycles. The van der Waals surface area contributed by atoms with Gasteiger partial charge >= 0.3 is 0 Å². The van der Waals surface area contributed by atoms with Gasteiger partial charge in [-0.1, -0.05) is 56.9 Å². The first-order valence-electron chi connectivity index (χ1n) is 9.60. The van der Waals surface area contributed by atoms with E-state index in [-0.39, 0.29) is 5.75 Å². The lowest BCUT2D eigenvalue weighted by atomic mass is 10.0. The minimum Gasteiger partial charge on any atom is -0.508 e. The predicted octanol–water partition coefficient (Wildman–Crippen LogP) is 5.51. The molecule has 0 unspecified atom stereocenters. The summed E-state index contributed by atoms with van der Waals surface area (Å²) in [5.41, 5.74) is 5.07. The van der Waals surface area contributed by atoms with Crippen LogP contribution in [0.5, 0.6) is 5.75 Å². The molecule has 2 aromatic carbocycles. The number of nitrogens with zero attached hydrogens (tertiary/aromatic N) is 3. The van der Waals surface area contributed by atoms with Crippen molar-refractivity contribution in [3.8, 4) is 5.75 Å². The second kappa shape index (κ2) is 9.67. The summed E-state index contributed by atoms with van der Waals surface area (Å²) in [7, 11) is 0. The molecule has 0 amide bonds. The van der Waals surface area contributed by atoms with Crippen LogP contribution in [0.2, 0.25) is 0 Å². The summed E-state index contributed by atoms with van der Waals surface area (Å²) >= 11 is 0. The zero-order valence-corrected chi connectivity index (χ0v) is 15.7. The van der Waals surface area contributed by atoms with Gasteiger partial charge in [-0.3, -0.25) is 5.43 Å². The number of hydrogen-bond donors (Lipinski definition) is 2. The number of benzene rings is 2. The van der Waals surface area contributed by atoms with Gasteiger partial charge in [0.15, 0.2) is 5.82 Å². The number of nitrogens with one attached hydrogen (secondary N) is 1. The van der Waals surface area contributed by atoms with E-state index in [9.17, 15) is 5.11 Å². The van der Waals surface area contributed by atoms with Crippen LogP contribution in [-0.4, -0.2) is 21.0 Å². The van der Waals surface area contributed by atoms with Gasteiger partial charge in [-0.25, -0.2) is 0 Å². The van der Waals surface area contributed by atoms with E-state index in [2.05, 4.69) is 27.6 Å². The van der Waals surface area contributed by atoms with Gasteiger partial charge in [0.2, 0.25) is 0 Å². The Morgan fingerprint density at radius 3 is 2.59 bits per heavy atom. The van der Waals surface area contributed by atoms with Crippen LogP contribution in [0, 0.1) is 0 Å². The summed E-state index contributed by atoms with van der Waals surface area (Å²) in [6.07, 6.45) is 8.66. The number of fused-ring (bicyclic) bond motifs is 1. The summed E-state index contributed by atoms with van der Waals surface area (Å²) in [5, 5.41) is 24.5. The number of anilines is 1. The van der Waals surface area contributed by atoms with Crippen LogP contribution >= 0.6 is 0 Å². The third kappa shape index (κ3) is 5.26. The number of phenols is 1.